The molecule has 0 atom stereocenters. The molecule has 20 rings (SSSR count). The summed E-state index contributed by atoms with van der Waals surface area (Å²) >= 11 is 10.5. The number of hydrogen-bond acceptors (Lipinski definition) is 25. The molecule has 0 radical (unpaired) electrons. The number of aromatic amines is 5. The minimum absolute atomic E-state index is 0.526. The summed E-state index contributed by atoms with van der Waals surface area (Å²) in [7, 11) is 0. The van der Waals surface area contributed by atoms with Gasteiger partial charge in [-0.15, -0.1) is 0 Å². The van der Waals surface area contributed by atoms with Gasteiger partial charge < -0.3 is 78.1 Å². The minimum atomic E-state index is 0.526. The zero-order valence-corrected chi connectivity index (χ0v) is 72.7. The van der Waals surface area contributed by atoms with Crippen LogP contribution in [0.4, 0.5) is 87.3 Å². The third kappa shape index (κ3) is 24.0. The first-order valence-electron chi connectivity index (χ1n) is 40.0. The van der Waals surface area contributed by atoms with E-state index in [2.05, 4.69) is 237 Å². The van der Waals surface area contributed by atoms with Crippen molar-refractivity contribution in [1.82, 2.24) is 99.7 Å². The summed E-state index contributed by atoms with van der Waals surface area (Å²) in [6, 6.07) is 73.8. The van der Waals surface area contributed by atoms with Gasteiger partial charge in [-0.2, -0.15) is 24.9 Å². The zero-order valence-electron chi connectivity index (χ0n) is 68.0. The summed E-state index contributed by atoms with van der Waals surface area (Å²) < 4.78 is 2.42. The van der Waals surface area contributed by atoms with Crippen molar-refractivity contribution in [2.45, 2.75) is 46.4 Å². The van der Waals surface area contributed by atoms with Crippen LogP contribution in [-0.4, -0.2) is 106 Å². The van der Waals surface area contributed by atoms with Crippen LogP contribution in [0.15, 0.2) is 318 Å². The highest BCUT2D eigenvalue weighted by molar-refractivity contribution is 9.11. The third-order valence-electron chi connectivity index (χ3n) is 19.1. The number of halogens is 3. The fourth-order valence-corrected chi connectivity index (χ4v) is 14.0. The Balaban J connectivity index is 0.000000116. The lowest BCUT2D eigenvalue weighted by atomic mass is 10.2. The smallest absolute Gasteiger partial charge is 0.229 e. The van der Waals surface area contributed by atoms with E-state index in [-0.39, 0.29) is 0 Å². The lowest BCUT2D eigenvalue weighted by Crippen LogP contribution is -2.09. The maximum atomic E-state index is 4.56. The average molecular weight is 1860 g/mol. The molecule has 15 aromatic heterocycles. The van der Waals surface area contributed by atoms with E-state index in [0.29, 0.717) is 67.6 Å². The second kappa shape index (κ2) is 41.8. The SMILES string of the molecule is Brc1cnc(Nc2ccc3cc[nH]c3c2)nc1NCCc1ccccn1.Brc1cnc(Nc2ccc3cc[nH]c3c2)nc1NCc1ccccn1.Cc1cc2cc(Nc3ncc(Br)c(NCc4ccccn4)n3)ccc2[nH]1.Cc1cc2cc(Nc3nccc(NCc4ccccn4)n3)ccc2[nH]1.c1ccc(CNc2ccnc(Nc3ccc4cc[nH]c4c3)n2)nc1. The summed E-state index contributed by atoms with van der Waals surface area (Å²) in [4.78, 5) is 81.9. The van der Waals surface area contributed by atoms with Crippen molar-refractivity contribution in [3.63, 3.8) is 0 Å². The molecule has 0 aliphatic heterocycles. The molecule has 0 unspecified atom stereocenters. The summed E-state index contributed by atoms with van der Waals surface area (Å²) in [5.41, 5.74) is 17.3. The fraction of sp³-hybridized carbons (Fsp3) is 0.0860. The zero-order chi connectivity index (χ0) is 86.0. The molecule has 0 spiro atoms. The molecule has 5 aromatic carbocycles. The topological polar surface area (TPSA) is 393 Å². The number of hydrogen-bond donors (Lipinski definition) is 15. The van der Waals surface area contributed by atoms with Crippen LogP contribution in [0.3, 0.4) is 0 Å². The second-order valence-corrected chi connectivity index (χ2v) is 30.9. The second-order valence-electron chi connectivity index (χ2n) is 28.4. The lowest BCUT2D eigenvalue weighted by Gasteiger charge is -2.10. The van der Waals surface area contributed by atoms with Crippen molar-refractivity contribution in [3.8, 4) is 0 Å². The Morgan fingerprint density at radius 2 is 0.595 bits per heavy atom. The van der Waals surface area contributed by atoms with Gasteiger partial charge in [-0.25, -0.2) is 24.9 Å². The number of fused-ring (bicyclic) bond motifs is 5. The van der Waals surface area contributed by atoms with Crippen molar-refractivity contribution in [1.29, 1.82) is 0 Å². The van der Waals surface area contributed by atoms with Crippen LogP contribution in [0.5, 0.6) is 0 Å². The van der Waals surface area contributed by atoms with Crippen molar-refractivity contribution >= 4 is 190 Å². The monoisotopic (exact) mass is 1860 g/mol. The molecule has 126 heavy (non-hydrogen) atoms. The molecule has 0 amide bonds. The summed E-state index contributed by atoms with van der Waals surface area (Å²) in [5.74, 6) is 6.38. The third-order valence-corrected chi connectivity index (χ3v) is 20.8. The van der Waals surface area contributed by atoms with Crippen molar-refractivity contribution in [2.24, 2.45) is 0 Å². The first kappa shape index (κ1) is 84.0. The number of anilines is 15. The Kier molecular flexibility index (Phi) is 27.9. The quantitative estimate of drug-likeness (QED) is 0.0239. The number of nitrogens with zero attached hydrogens (tertiary/aromatic N) is 15. The molecule has 20 aromatic rings. The van der Waals surface area contributed by atoms with Crippen LogP contribution in [-0.2, 0) is 32.6 Å². The van der Waals surface area contributed by atoms with Gasteiger partial charge in [0.2, 0.25) is 29.7 Å². The van der Waals surface area contributed by atoms with Crippen molar-refractivity contribution < 1.29 is 0 Å². The highest BCUT2D eigenvalue weighted by Gasteiger charge is 2.14. The number of H-pyrrole nitrogens is 5. The largest absolute Gasteiger partial charge is 0.369 e. The molecule has 0 aliphatic carbocycles. The van der Waals surface area contributed by atoms with Crippen LogP contribution in [0.2, 0.25) is 0 Å². The molecule has 0 saturated carbocycles. The Hall–Kier alpha value is -15.6. The van der Waals surface area contributed by atoms with Gasteiger partial charge in [0.05, 0.1) is 62.4 Å². The predicted octanol–water partition coefficient (Wildman–Crippen LogP) is 21.5. The molecule has 0 fully saturated rings. The van der Waals surface area contributed by atoms with Crippen molar-refractivity contribution in [2.75, 3.05) is 59.7 Å². The number of nitrogens with one attached hydrogen (secondary N) is 15. The highest BCUT2D eigenvalue weighted by atomic mass is 79.9. The number of aromatic nitrogens is 20. The highest BCUT2D eigenvalue weighted by Crippen LogP contribution is 2.31. The molecule has 15 N–H and O–H groups in total. The molecule has 30 nitrogen and oxygen atoms in total. The van der Waals surface area contributed by atoms with Gasteiger partial charge in [-0.3, -0.25) is 24.9 Å². The minimum Gasteiger partial charge on any atom is -0.369 e. The first-order chi connectivity index (χ1) is 61.8. The molecule has 33 heteroatoms. The number of pyridine rings is 5. The summed E-state index contributed by atoms with van der Waals surface area (Å²) in [5, 5.41) is 38.4. The van der Waals surface area contributed by atoms with E-state index in [4.69, 9.17) is 0 Å². The number of rotatable bonds is 26. The molecule has 0 saturated heterocycles. The number of aryl methyl sites for hydroxylation is 2. The van der Waals surface area contributed by atoms with Gasteiger partial charge in [0.25, 0.3) is 0 Å². The Bertz CT molecular complexity index is 6920. The average Bonchev–Trinajstić information content (AvgIpc) is 1.56. The van der Waals surface area contributed by atoms with Gasteiger partial charge in [0.15, 0.2) is 0 Å². The Labute approximate surface area is 748 Å². The Morgan fingerprint density at radius 1 is 0.270 bits per heavy atom. The van der Waals surface area contributed by atoms with Crippen LogP contribution >= 0.6 is 47.8 Å². The van der Waals surface area contributed by atoms with Crippen LogP contribution in [0.1, 0.15) is 39.9 Å². The molecular formula is C93H83Br3N30. The summed E-state index contributed by atoms with van der Waals surface area (Å²) in [6.45, 7) is 7.24. The van der Waals surface area contributed by atoms with Crippen LogP contribution in [0.25, 0.3) is 54.5 Å². The van der Waals surface area contributed by atoms with Crippen molar-refractivity contribution in [3.05, 3.63) is 358 Å². The standard InChI is InChI=1S/2C19H17BrN6.C19H18N6.C18H15BrN6.C18H16N6/c1-12-8-13-9-14(5-6-17(13)24-12)25-19-23-11-16(20)18(26-19)22-10-15-4-2-3-7-21-15;20-16-12-24-19(25-15-5-4-13-6-9-22-17(13)11-15)26-18(16)23-10-7-14-3-1-2-8-21-14;1-13-10-14-11-15(5-6-17(14)23-13)24-19-21-9-7-18(25-19)22-12-16-4-2-3-8-20-16;19-15-11-23-18(24-13-5-4-12-6-8-21-16(12)9-13)25-17(15)22-10-14-3-1-2-7-20-14;1-2-8-19-15(3-1)12-22-17-7-10-21-18(24-17)23-14-5-4-13-6-9-20-16(13)11-14/h2-9,11,24H,10H2,1H3,(H2,22,23,25,26);1-6,8-9,11-12,22H,7,10H2,(H2,23,24,25,26);2-11,23H,12H2,1H3,(H2,21,22,24,25);1-9,11,21H,10H2,(H2,22,23,24,25);1-11,20H,12H2,(H2,21,22,23,24). The first-order valence-corrected chi connectivity index (χ1v) is 42.4. The fourth-order valence-electron chi connectivity index (χ4n) is 13.0. The van der Waals surface area contributed by atoms with E-state index >= 15 is 0 Å². The molecule has 0 bridgehead atoms. The maximum absolute atomic E-state index is 4.56. The van der Waals surface area contributed by atoms with Gasteiger partial charge in [-0.05, 0) is 254 Å². The van der Waals surface area contributed by atoms with E-state index in [1.54, 1.807) is 62.0 Å². The lowest BCUT2D eigenvalue weighted by molar-refractivity contribution is 0.949. The van der Waals surface area contributed by atoms with Gasteiger partial charge in [0, 0.05) is 177 Å². The van der Waals surface area contributed by atoms with E-state index in [1.165, 1.54) is 16.2 Å². The predicted molar refractivity (Wildman–Crippen MR) is 513 cm³/mol. The molecule has 0 aliphatic rings. The number of benzene rings is 5. The van der Waals surface area contributed by atoms with E-state index < -0.39 is 0 Å². The van der Waals surface area contributed by atoms with E-state index in [1.807, 2.05) is 220 Å². The molecular weight excluding hydrogens is 1780 g/mol. The summed E-state index contributed by atoms with van der Waals surface area (Å²) in [6.07, 6.45) is 24.2. The normalized spacial score (nSPS) is 10.8. The van der Waals surface area contributed by atoms with E-state index in [0.717, 1.165) is 150 Å². The van der Waals surface area contributed by atoms with E-state index in [9.17, 15) is 0 Å². The Morgan fingerprint density at radius 3 is 0.952 bits per heavy atom. The molecule has 15 heterocycles. The van der Waals surface area contributed by atoms with Gasteiger partial charge in [-0.1, -0.05) is 48.5 Å². The van der Waals surface area contributed by atoms with Crippen LogP contribution < -0.4 is 53.2 Å². The van der Waals surface area contributed by atoms with Crippen LogP contribution in [0, 0.1) is 13.8 Å². The molecule has 626 valence electrons. The van der Waals surface area contributed by atoms with Gasteiger partial charge in [0.1, 0.15) is 29.1 Å². The van der Waals surface area contributed by atoms with Gasteiger partial charge >= 0.3 is 0 Å². The maximum Gasteiger partial charge on any atom is 0.229 e.